The van der Waals surface area contributed by atoms with Crippen LogP contribution >= 0.6 is 24.0 Å². The molecule has 0 spiro atoms. The van der Waals surface area contributed by atoms with E-state index < -0.39 is 0 Å². The minimum atomic E-state index is 0. The predicted molar refractivity (Wildman–Crippen MR) is 132 cm³/mol. The molecule has 0 saturated carbocycles. The molecule has 2 aliphatic heterocycles. The van der Waals surface area contributed by atoms with Crippen molar-refractivity contribution in [2.75, 3.05) is 72.3 Å². The lowest BCUT2D eigenvalue weighted by Crippen LogP contribution is -2.41. The number of guanidine groups is 1. The summed E-state index contributed by atoms with van der Waals surface area (Å²) in [5.41, 5.74) is 0. The summed E-state index contributed by atoms with van der Waals surface area (Å²) in [4.78, 5) is 7.17. The highest BCUT2D eigenvalue weighted by Crippen LogP contribution is 2.11. The summed E-state index contributed by atoms with van der Waals surface area (Å²) >= 11 is 0. The number of nitrogens with one attached hydrogen (secondary N) is 2. The monoisotopic (exact) mass is 550 g/mol. The fourth-order valence-electron chi connectivity index (χ4n) is 3.62. The minimum absolute atomic E-state index is 0. The zero-order valence-electron chi connectivity index (χ0n) is 18.6. The highest BCUT2D eigenvalue weighted by molar-refractivity contribution is 14.0. The van der Waals surface area contributed by atoms with Gasteiger partial charge in [-0.15, -0.1) is 24.0 Å². The van der Waals surface area contributed by atoms with E-state index in [0.717, 1.165) is 110 Å². The molecule has 2 saturated heterocycles. The molecule has 2 aliphatic rings. The highest BCUT2D eigenvalue weighted by atomic mass is 127. The molecule has 0 radical (unpaired) electrons. The maximum atomic E-state index is 5.73. The van der Waals surface area contributed by atoms with Gasteiger partial charge in [0.1, 0.15) is 5.76 Å². The summed E-state index contributed by atoms with van der Waals surface area (Å²) in [6.45, 7) is 9.60. The van der Waals surface area contributed by atoms with Crippen molar-refractivity contribution in [1.82, 2.24) is 15.5 Å². The second kappa shape index (κ2) is 16.7. The maximum Gasteiger partial charge on any atom is 0.191 e. The van der Waals surface area contributed by atoms with E-state index in [-0.39, 0.29) is 24.0 Å². The van der Waals surface area contributed by atoms with Crippen molar-refractivity contribution in [1.29, 1.82) is 0 Å². The molecule has 31 heavy (non-hydrogen) atoms. The summed E-state index contributed by atoms with van der Waals surface area (Å²) in [6.07, 6.45) is 7.12. The van der Waals surface area contributed by atoms with Gasteiger partial charge >= 0.3 is 0 Å². The van der Waals surface area contributed by atoms with Crippen molar-refractivity contribution in [3.05, 3.63) is 24.2 Å². The van der Waals surface area contributed by atoms with Gasteiger partial charge in [0.15, 0.2) is 5.96 Å². The number of aliphatic imine (C=N–C) groups is 1. The van der Waals surface area contributed by atoms with E-state index in [1.54, 1.807) is 6.26 Å². The van der Waals surface area contributed by atoms with E-state index in [9.17, 15) is 0 Å². The van der Waals surface area contributed by atoms with Gasteiger partial charge in [-0.2, -0.15) is 0 Å². The Labute approximate surface area is 203 Å². The summed E-state index contributed by atoms with van der Waals surface area (Å²) in [5, 5.41) is 6.88. The Morgan fingerprint density at radius 3 is 2.81 bits per heavy atom. The van der Waals surface area contributed by atoms with Gasteiger partial charge < -0.3 is 29.3 Å². The standard InChI is InChI=1S/C22H38N4O4.HI/c1-5-20(29-15-1)7-10-25-22(23-8-3-11-26-12-17-27-18-13-26)24-9-4-14-28-19-21-6-2-16-30-21;/h1,5,15,21H,2-4,6-14,16-19H2,(H2,23,24,25);1H. The first-order valence-corrected chi connectivity index (χ1v) is 11.4. The molecule has 1 aromatic heterocycles. The minimum Gasteiger partial charge on any atom is -0.469 e. The molecular weight excluding hydrogens is 511 g/mol. The number of morpholine rings is 1. The Kier molecular flexibility index (Phi) is 14.2. The Balaban J connectivity index is 0.00000341. The second-order valence-corrected chi connectivity index (χ2v) is 7.78. The van der Waals surface area contributed by atoms with Crippen molar-refractivity contribution in [3.63, 3.8) is 0 Å². The van der Waals surface area contributed by atoms with Crippen LogP contribution in [0, 0.1) is 0 Å². The number of furan rings is 1. The third kappa shape index (κ3) is 11.5. The Morgan fingerprint density at radius 1 is 1.16 bits per heavy atom. The molecule has 1 aromatic rings. The van der Waals surface area contributed by atoms with E-state index in [1.807, 2.05) is 12.1 Å². The highest BCUT2D eigenvalue weighted by Gasteiger charge is 2.15. The molecule has 178 valence electrons. The molecule has 8 nitrogen and oxygen atoms in total. The summed E-state index contributed by atoms with van der Waals surface area (Å²) in [6, 6.07) is 3.92. The van der Waals surface area contributed by atoms with Gasteiger partial charge in [0.05, 0.1) is 32.2 Å². The predicted octanol–water partition coefficient (Wildman–Crippen LogP) is 2.28. The lowest BCUT2D eigenvalue weighted by atomic mass is 10.2. The SMILES string of the molecule is I.c1coc(CCNC(=NCCCOCC2CCCO2)NCCCN2CCOCC2)c1. The van der Waals surface area contributed by atoms with Gasteiger partial charge in [-0.1, -0.05) is 0 Å². The Morgan fingerprint density at radius 2 is 2.03 bits per heavy atom. The first-order chi connectivity index (χ1) is 14.9. The van der Waals surface area contributed by atoms with Gasteiger partial charge in [0, 0.05) is 52.4 Å². The van der Waals surface area contributed by atoms with Crippen LogP contribution in [0.1, 0.15) is 31.4 Å². The normalized spacial score (nSPS) is 19.9. The molecule has 0 aliphatic carbocycles. The summed E-state index contributed by atoms with van der Waals surface area (Å²) in [5.74, 6) is 1.85. The number of rotatable bonds is 13. The molecule has 2 fully saturated rings. The molecule has 1 atom stereocenters. The molecule has 9 heteroatoms. The Hall–Kier alpha value is -0.880. The lowest BCUT2D eigenvalue weighted by molar-refractivity contribution is 0.0171. The van der Waals surface area contributed by atoms with Gasteiger partial charge in [-0.3, -0.25) is 9.89 Å². The van der Waals surface area contributed by atoms with Crippen molar-refractivity contribution in [2.45, 2.75) is 38.2 Å². The molecular formula is C22H39IN4O4. The van der Waals surface area contributed by atoms with Crippen LogP contribution in [0.4, 0.5) is 0 Å². The quantitative estimate of drug-likeness (QED) is 0.169. The van der Waals surface area contributed by atoms with E-state index in [1.165, 1.54) is 0 Å². The van der Waals surface area contributed by atoms with Crippen molar-refractivity contribution in [3.8, 4) is 0 Å². The first kappa shape index (κ1) is 26.4. The smallest absolute Gasteiger partial charge is 0.191 e. The lowest BCUT2D eigenvalue weighted by Gasteiger charge is -2.26. The number of ether oxygens (including phenoxy) is 3. The molecule has 2 N–H and O–H groups in total. The average molecular weight is 550 g/mol. The van der Waals surface area contributed by atoms with Gasteiger partial charge in [0.2, 0.25) is 0 Å². The topological polar surface area (TPSA) is 80.5 Å². The van der Waals surface area contributed by atoms with Crippen molar-refractivity contribution >= 4 is 29.9 Å². The number of halogens is 1. The fraction of sp³-hybridized carbons (Fsp3) is 0.773. The third-order valence-corrected chi connectivity index (χ3v) is 5.34. The van der Waals surface area contributed by atoms with E-state index in [0.29, 0.717) is 12.7 Å². The average Bonchev–Trinajstić information content (AvgIpc) is 3.48. The van der Waals surface area contributed by atoms with Crippen LogP contribution in [-0.4, -0.2) is 89.3 Å². The van der Waals surface area contributed by atoms with E-state index in [4.69, 9.17) is 23.6 Å². The third-order valence-electron chi connectivity index (χ3n) is 5.34. The molecule has 1 unspecified atom stereocenters. The van der Waals surface area contributed by atoms with Crippen molar-refractivity contribution < 1.29 is 18.6 Å². The number of hydrogen-bond acceptors (Lipinski definition) is 6. The number of nitrogens with zero attached hydrogens (tertiary/aromatic N) is 2. The summed E-state index contributed by atoms with van der Waals surface area (Å²) in [7, 11) is 0. The van der Waals surface area contributed by atoms with Crippen LogP contribution in [0.25, 0.3) is 0 Å². The molecule has 0 amide bonds. The number of hydrogen-bond donors (Lipinski definition) is 2. The van der Waals surface area contributed by atoms with Gasteiger partial charge in [-0.25, -0.2) is 0 Å². The van der Waals surface area contributed by atoms with Gasteiger partial charge in [0.25, 0.3) is 0 Å². The van der Waals surface area contributed by atoms with Crippen LogP contribution in [0.3, 0.4) is 0 Å². The zero-order chi connectivity index (χ0) is 20.7. The van der Waals surface area contributed by atoms with Crippen LogP contribution < -0.4 is 10.6 Å². The second-order valence-electron chi connectivity index (χ2n) is 7.78. The molecule has 0 aromatic carbocycles. The summed E-state index contributed by atoms with van der Waals surface area (Å²) < 4.78 is 22.1. The molecule has 3 rings (SSSR count). The van der Waals surface area contributed by atoms with Crippen LogP contribution in [0.15, 0.2) is 27.8 Å². The molecule has 0 bridgehead atoms. The fourth-order valence-corrected chi connectivity index (χ4v) is 3.62. The maximum absolute atomic E-state index is 5.73. The van der Waals surface area contributed by atoms with E-state index in [2.05, 4.69) is 15.5 Å². The van der Waals surface area contributed by atoms with E-state index >= 15 is 0 Å². The van der Waals surface area contributed by atoms with Crippen molar-refractivity contribution in [2.24, 2.45) is 4.99 Å². The first-order valence-electron chi connectivity index (χ1n) is 11.4. The van der Waals surface area contributed by atoms with Crippen LogP contribution in [0.2, 0.25) is 0 Å². The zero-order valence-corrected chi connectivity index (χ0v) is 20.9. The largest absolute Gasteiger partial charge is 0.469 e. The van der Waals surface area contributed by atoms with Gasteiger partial charge in [-0.05, 0) is 44.4 Å². The molecule has 3 heterocycles. The van der Waals surface area contributed by atoms with Crippen LogP contribution in [-0.2, 0) is 20.6 Å². The Bertz CT molecular complexity index is 576. The van der Waals surface area contributed by atoms with Crippen LogP contribution in [0.5, 0.6) is 0 Å².